The maximum absolute atomic E-state index is 14.6. The van der Waals surface area contributed by atoms with E-state index in [1.54, 1.807) is 0 Å². The van der Waals surface area contributed by atoms with E-state index in [9.17, 15) is 36.3 Å². The molecule has 3 aromatic rings. The highest BCUT2D eigenvalue weighted by Crippen LogP contribution is 2.65. The van der Waals surface area contributed by atoms with Crippen molar-refractivity contribution in [3.05, 3.63) is 85.1 Å². The van der Waals surface area contributed by atoms with Gasteiger partial charge in [-0.1, -0.05) is 46.4 Å². The SMILES string of the molecule is O=C(Nc1cc(NC(=O)C(F)F)c(F)cc1F)c1cc(NC(=O)[C@H]2[C@H](c3cc(Cl)c(Cl)c(Cl)c3)C2(Cl)Cl)cc(F)c1Cl. The van der Waals surface area contributed by atoms with Gasteiger partial charge in [0.1, 0.15) is 21.8 Å². The Morgan fingerprint density at radius 1 is 0.738 bits per heavy atom. The van der Waals surface area contributed by atoms with Crippen LogP contribution in [0.3, 0.4) is 0 Å². The van der Waals surface area contributed by atoms with Gasteiger partial charge in [-0.05, 0) is 35.9 Å². The fourth-order valence-electron chi connectivity index (χ4n) is 3.99. The van der Waals surface area contributed by atoms with Gasteiger partial charge in [0.25, 0.3) is 11.8 Å². The molecule has 42 heavy (non-hydrogen) atoms. The van der Waals surface area contributed by atoms with Crippen LogP contribution in [0, 0.1) is 23.4 Å². The van der Waals surface area contributed by atoms with Gasteiger partial charge in [0.15, 0.2) is 0 Å². The van der Waals surface area contributed by atoms with Crippen molar-refractivity contribution in [2.45, 2.75) is 16.7 Å². The van der Waals surface area contributed by atoms with Gasteiger partial charge in [-0.3, -0.25) is 14.4 Å². The first-order chi connectivity index (χ1) is 19.5. The van der Waals surface area contributed by atoms with E-state index >= 15 is 0 Å². The quantitative estimate of drug-likeness (QED) is 0.130. The average Bonchev–Trinajstić information content (AvgIpc) is 3.48. The molecule has 0 aliphatic heterocycles. The number of halogens is 11. The largest absolute Gasteiger partial charge is 0.326 e. The zero-order valence-electron chi connectivity index (χ0n) is 20.1. The highest BCUT2D eigenvalue weighted by Gasteiger charge is 2.67. The van der Waals surface area contributed by atoms with Gasteiger partial charge in [-0.25, -0.2) is 13.2 Å². The van der Waals surface area contributed by atoms with Crippen LogP contribution in [0.25, 0.3) is 0 Å². The van der Waals surface area contributed by atoms with Crippen molar-refractivity contribution in [3.8, 4) is 0 Å². The first-order valence-corrected chi connectivity index (χ1v) is 13.5. The summed E-state index contributed by atoms with van der Waals surface area (Å²) in [5.41, 5.74) is -2.14. The molecule has 0 radical (unpaired) electrons. The summed E-state index contributed by atoms with van der Waals surface area (Å²) < 4.78 is 66.4. The third-order valence-corrected chi connectivity index (χ3v) is 8.52. The summed E-state index contributed by atoms with van der Waals surface area (Å²) in [5.74, 6) is -9.74. The second-order valence-electron chi connectivity index (χ2n) is 8.79. The average molecular weight is 710 g/mol. The maximum atomic E-state index is 14.6. The lowest BCUT2D eigenvalue weighted by Gasteiger charge is -2.13. The van der Waals surface area contributed by atoms with Crippen LogP contribution in [0.5, 0.6) is 0 Å². The molecule has 17 heteroatoms. The summed E-state index contributed by atoms with van der Waals surface area (Å²) in [7, 11) is 0. The number of nitrogens with one attached hydrogen (secondary N) is 3. The van der Waals surface area contributed by atoms with Crippen LogP contribution in [-0.2, 0) is 9.59 Å². The number of anilines is 3. The predicted octanol–water partition coefficient (Wildman–Crippen LogP) is 8.70. The molecular formula is C25H12Cl6F5N3O3. The van der Waals surface area contributed by atoms with Crippen LogP contribution in [-0.4, -0.2) is 28.5 Å². The third kappa shape index (κ3) is 6.51. The van der Waals surface area contributed by atoms with Gasteiger partial charge < -0.3 is 16.0 Å². The standard InChI is InChI=1S/C25H12Cl6F5N3O3/c26-10-1-7(2-11(27)20(10)29)17-18(25(17,30)31)23(41)37-8-3-9(19(28)14(34)4-8)22(40)38-15-6-16(13(33)5-12(15)32)39-24(42)21(35)36/h1-6,17-18,21H,(H,37,41)(H,38,40)(H,39,42)/t17-,18+/m0/s1. The second-order valence-corrected chi connectivity index (χ2v) is 11.8. The molecule has 2 atom stereocenters. The number of hydrogen-bond donors (Lipinski definition) is 3. The summed E-state index contributed by atoms with van der Waals surface area (Å²) in [4.78, 5) is 37.1. The molecule has 6 nitrogen and oxygen atoms in total. The molecule has 1 saturated carbocycles. The Bertz CT molecular complexity index is 1620. The Labute approximate surface area is 263 Å². The zero-order valence-corrected chi connectivity index (χ0v) is 24.6. The van der Waals surface area contributed by atoms with Gasteiger partial charge in [-0.15, -0.1) is 23.2 Å². The topological polar surface area (TPSA) is 87.3 Å². The lowest BCUT2D eigenvalue weighted by molar-refractivity contribution is -0.126. The molecule has 0 heterocycles. The minimum Gasteiger partial charge on any atom is -0.326 e. The molecule has 4 rings (SSSR count). The Morgan fingerprint density at radius 2 is 1.31 bits per heavy atom. The van der Waals surface area contributed by atoms with Crippen LogP contribution in [0.1, 0.15) is 21.8 Å². The van der Waals surface area contributed by atoms with E-state index in [-0.39, 0.29) is 26.8 Å². The van der Waals surface area contributed by atoms with Crippen molar-refractivity contribution in [1.29, 1.82) is 0 Å². The summed E-state index contributed by atoms with van der Waals surface area (Å²) in [6, 6.07) is 5.32. The first-order valence-electron chi connectivity index (χ1n) is 11.2. The molecule has 3 amide bonds. The van der Waals surface area contributed by atoms with E-state index in [1.165, 1.54) is 17.4 Å². The van der Waals surface area contributed by atoms with Gasteiger partial charge >= 0.3 is 6.43 Å². The number of carbonyl (C=O) groups is 3. The summed E-state index contributed by atoms with van der Waals surface area (Å²) in [5, 5.41) is 5.39. The van der Waals surface area contributed by atoms with Crippen LogP contribution in [0.4, 0.5) is 39.0 Å². The first kappa shape index (κ1) is 32.4. The molecule has 1 aliphatic rings. The molecule has 3 aromatic carbocycles. The highest BCUT2D eigenvalue weighted by atomic mass is 35.5. The van der Waals surface area contributed by atoms with Gasteiger partial charge in [0.2, 0.25) is 5.91 Å². The minimum atomic E-state index is -3.51. The van der Waals surface area contributed by atoms with Crippen molar-refractivity contribution in [2.75, 3.05) is 16.0 Å². The highest BCUT2D eigenvalue weighted by molar-refractivity contribution is 6.54. The van der Waals surface area contributed by atoms with E-state index in [0.717, 1.165) is 12.1 Å². The second kappa shape index (κ2) is 12.2. The summed E-state index contributed by atoms with van der Waals surface area (Å²) in [6.07, 6.45) is -3.51. The maximum Gasteiger partial charge on any atom is 0.315 e. The van der Waals surface area contributed by atoms with Crippen molar-refractivity contribution < 1.29 is 36.3 Å². The Hall–Kier alpha value is -2.54. The van der Waals surface area contributed by atoms with Crippen LogP contribution >= 0.6 is 69.6 Å². The number of hydrogen-bond acceptors (Lipinski definition) is 3. The zero-order chi connectivity index (χ0) is 31.3. The van der Waals surface area contributed by atoms with Crippen LogP contribution < -0.4 is 16.0 Å². The number of benzene rings is 3. The van der Waals surface area contributed by atoms with Crippen LogP contribution in [0.15, 0.2) is 36.4 Å². The van der Waals surface area contributed by atoms with E-state index in [0.29, 0.717) is 11.6 Å². The molecule has 222 valence electrons. The number of carbonyl (C=O) groups excluding carboxylic acids is 3. The van der Waals surface area contributed by atoms with Crippen molar-refractivity contribution >= 4 is 104 Å². The van der Waals surface area contributed by atoms with E-state index in [2.05, 4.69) is 5.32 Å². The number of alkyl halides is 4. The Balaban J connectivity index is 1.56. The molecule has 0 aromatic heterocycles. The minimum absolute atomic E-state index is 0.0792. The molecule has 0 unspecified atom stereocenters. The number of rotatable bonds is 7. The molecule has 3 N–H and O–H groups in total. The monoisotopic (exact) mass is 707 g/mol. The summed E-state index contributed by atoms with van der Waals surface area (Å²) >= 11 is 36.6. The third-order valence-electron chi connectivity index (χ3n) is 6.00. The molecule has 0 spiro atoms. The summed E-state index contributed by atoms with van der Waals surface area (Å²) in [6.45, 7) is 0. The van der Waals surface area contributed by atoms with E-state index in [1.807, 2.05) is 5.32 Å². The van der Waals surface area contributed by atoms with Crippen molar-refractivity contribution in [1.82, 2.24) is 0 Å². The van der Waals surface area contributed by atoms with Gasteiger partial charge in [-0.2, -0.15) is 8.78 Å². The predicted molar refractivity (Wildman–Crippen MR) is 151 cm³/mol. The molecule has 0 saturated heterocycles. The van der Waals surface area contributed by atoms with E-state index in [4.69, 9.17) is 69.6 Å². The lowest BCUT2D eigenvalue weighted by atomic mass is 10.1. The fourth-order valence-corrected chi connectivity index (χ4v) is 5.62. The molecule has 1 fully saturated rings. The Kier molecular flexibility index (Phi) is 9.42. The van der Waals surface area contributed by atoms with Crippen LogP contribution in [0.2, 0.25) is 20.1 Å². The molecule has 1 aliphatic carbocycles. The van der Waals surface area contributed by atoms with Gasteiger partial charge in [0, 0.05) is 17.7 Å². The van der Waals surface area contributed by atoms with Crippen molar-refractivity contribution in [2.24, 2.45) is 5.92 Å². The smallest absolute Gasteiger partial charge is 0.315 e. The number of amides is 3. The normalized spacial score (nSPS) is 17.1. The molecular weight excluding hydrogens is 698 g/mol. The molecule has 0 bridgehead atoms. The fraction of sp³-hybridized carbons (Fsp3) is 0.160. The van der Waals surface area contributed by atoms with Crippen molar-refractivity contribution in [3.63, 3.8) is 0 Å². The van der Waals surface area contributed by atoms with Gasteiger partial charge in [0.05, 0.1) is 42.9 Å². The van der Waals surface area contributed by atoms with E-state index < -0.39 is 79.7 Å². The lowest BCUT2D eigenvalue weighted by Crippen LogP contribution is -2.21. The Morgan fingerprint density at radius 3 is 1.88 bits per heavy atom.